The molecule has 2 rings (SSSR count). The van der Waals surface area contributed by atoms with Crippen molar-refractivity contribution < 1.29 is 24.0 Å². The number of ether oxygens (including phenoxy) is 1. The number of nitrogens with zero attached hydrogens (tertiary/aromatic N) is 2. The molecule has 0 unspecified atom stereocenters. The summed E-state index contributed by atoms with van der Waals surface area (Å²) in [5.41, 5.74) is -0.506. The molecule has 0 radical (unpaired) electrons. The van der Waals surface area contributed by atoms with Crippen molar-refractivity contribution in [2.45, 2.75) is 0 Å². The van der Waals surface area contributed by atoms with Crippen LogP contribution in [-0.2, 0) is 0 Å². The fourth-order valence-electron chi connectivity index (χ4n) is 1.22. The Hall–Kier alpha value is -2.42. The van der Waals surface area contributed by atoms with Gasteiger partial charge in [0.25, 0.3) is 5.69 Å². The van der Waals surface area contributed by atoms with Gasteiger partial charge in [0.05, 0.1) is 11.0 Å². The first-order valence-corrected chi connectivity index (χ1v) is 5.56. The number of carboxylic acid groups (broad SMARTS) is 1. The summed E-state index contributed by atoms with van der Waals surface area (Å²) >= 11 is 3.09. The zero-order valence-corrected chi connectivity index (χ0v) is 10.7. The summed E-state index contributed by atoms with van der Waals surface area (Å²) in [5, 5.41) is 19.3. The first-order chi connectivity index (χ1) is 8.95. The molecule has 0 aliphatic heterocycles. The summed E-state index contributed by atoms with van der Waals surface area (Å²) in [4.78, 5) is 24.2. The Kier molecular flexibility index (Phi) is 3.47. The zero-order chi connectivity index (χ0) is 14.0. The van der Waals surface area contributed by atoms with Crippen LogP contribution in [0.25, 0.3) is 0 Å². The number of carboxylic acids is 1. The smallest absolute Gasteiger partial charge is 0.399 e. The van der Waals surface area contributed by atoms with Gasteiger partial charge in [0.15, 0.2) is 5.69 Å². The Labute approximate surface area is 113 Å². The van der Waals surface area contributed by atoms with E-state index in [1.54, 1.807) is 0 Å². The van der Waals surface area contributed by atoms with E-state index in [1.165, 1.54) is 12.1 Å². The van der Waals surface area contributed by atoms with E-state index in [2.05, 4.69) is 20.9 Å². The quantitative estimate of drug-likeness (QED) is 0.677. The maximum atomic E-state index is 10.7. The minimum atomic E-state index is -1.26. The molecule has 98 valence electrons. The van der Waals surface area contributed by atoms with Crippen molar-refractivity contribution in [3.63, 3.8) is 0 Å². The minimum Gasteiger partial charge on any atom is -0.476 e. The molecule has 0 bridgehead atoms. The average molecular weight is 329 g/mol. The van der Waals surface area contributed by atoms with Crippen molar-refractivity contribution in [2.75, 3.05) is 0 Å². The van der Waals surface area contributed by atoms with Gasteiger partial charge >= 0.3 is 12.0 Å². The maximum Gasteiger partial charge on any atom is 0.399 e. The van der Waals surface area contributed by atoms with E-state index in [0.717, 1.165) is 12.3 Å². The van der Waals surface area contributed by atoms with Gasteiger partial charge in [0.1, 0.15) is 12.0 Å². The van der Waals surface area contributed by atoms with Gasteiger partial charge < -0.3 is 14.3 Å². The van der Waals surface area contributed by atoms with E-state index in [9.17, 15) is 14.9 Å². The van der Waals surface area contributed by atoms with Gasteiger partial charge in [-0.1, -0.05) is 15.9 Å². The minimum absolute atomic E-state index is 0.0971. The first-order valence-electron chi connectivity index (χ1n) is 4.77. The van der Waals surface area contributed by atoms with Crippen molar-refractivity contribution in [2.24, 2.45) is 0 Å². The number of rotatable bonds is 4. The summed E-state index contributed by atoms with van der Waals surface area (Å²) in [7, 11) is 0. The molecule has 0 fully saturated rings. The van der Waals surface area contributed by atoms with Gasteiger partial charge in [-0.25, -0.2) is 4.79 Å². The molecule has 9 heteroatoms. The molecule has 1 N–H and O–H groups in total. The number of benzene rings is 1. The predicted molar refractivity (Wildman–Crippen MR) is 64.3 cm³/mol. The monoisotopic (exact) mass is 328 g/mol. The number of oxazole rings is 1. The van der Waals surface area contributed by atoms with Crippen LogP contribution in [0.4, 0.5) is 5.69 Å². The predicted octanol–water partition coefficient (Wildman–Crippen LogP) is 2.84. The molecule has 0 saturated carbocycles. The summed E-state index contributed by atoms with van der Waals surface area (Å²) in [5.74, 6) is -1.17. The molecular formula is C10H5BrN2O6. The Morgan fingerprint density at radius 1 is 1.47 bits per heavy atom. The van der Waals surface area contributed by atoms with Crippen molar-refractivity contribution in [3.8, 4) is 11.8 Å². The Morgan fingerprint density at radius 3 is 2.79 bits per heavy atom. The van der Waals surface area contributed by atoms with Crippen molar-refractivity contribution in [1.82, 2.24) is 4.98 Å². The molecule has 0 aliphatic rings. The topological polar surface area (TPSA) is 116 Å². The second kappa shape index (κ2) is 5.06. The zero-order valence-electron chi connectivity index (χ0n) is 9.07. The second-order valence-electron chi connectivity index (χ2n) is 3.31. The van der Waals surface area contributed by atoms with Gasteiger partial charge in [-0.2, -0.15) is 4.98 Å². The van der Waals surface area contributed by atoms with Crippen LogP contribution in [0.3, 0.4) is 0 Å². The van der Waals surface area contributed by atoms with Gasteiger partial charge in [-0.15, -0.1) is 0 Å². The lowest BCUT2D eigenvalue weighted by Crippen LogP contribution is -1.96. The molecule has 8 nitrogen and oxygen atoms in total. The summed E-state index contributed by atoms with van der Waals surface area (Å²) in [6, 6.07) is 3.91. The van der Waals surface area contributed by atoms with E-state index >= 15 is 0 Å². The van der Waals surface area contributed by atoms with Crippen molar-refractivity contribution >= 4 is 27.6 Å². The molecule has 0 amide bonds. The SMILES string of the molecule is O=C(O)c1coc(Oc2cc(Br)cc([N+](=O)[O-])c2)n1. The van der Waals surface area contributed by atoms with Crippen LogP contribution in [0.5, 0.6) is 11.8 Å². The lowest BCUT2D eigenvalue weighted by atomic mass is 10.3. The van der Waals surface area contributed by atoms with E-state index in [0.29, 0.717) is 4.47 Å². The van der Waals surface area contributed by atoms with Gasteiger partial charge in [-0.3, -0.25) is 10.1 Å². The third-order valence-corrected chi connectivity index (χ3v) is 2.43. The molecule has 0 spiro atoms. The fourth-order valence-corrected chi connectivity index (χ4v) is 1.68. The normalized spacial score (nSPS) is 10.2. The Morgan fingerprint density at radius 2 is 2.21 bits per heavy atom. The number of halogens is 1. The van der Waals surface area contributed by atoms with Crippen LogP contribution < -0.4 is 4.74 Å². The standard InChI is InChI=1S/C10H5BrN2O6/c11-5-1-6(13(16)17)3-7(2-5)19-10-12-8(4-18-10)9(14)15/h1-4H,(H,14,15). The van der Waals surface area contributed by atoms with Gasteiger partial charge in [0.2, 0.25) is 0 Å². The lowest BCUT2D eigenvalue weighted by molar-refractivity contribution is -0.385. The highest BCUT2D eigenvalue weighted by atomic mass is 79.9. The van der Waals surface area contributed by atoms with E-state index in [-0.39, 0.29) is 23.2 Å². The van der Waals surface area contributed by atoms with Crippen LogP contribution in [0.2, 0.25) is 0 Å². The third kappa shape index (κ3) is 3.07. The first kappa shape index (κ1) is 13.0. The van der Waals surface area contributed by atoms with Gasteiger partial charge in [0, 0.05) is 10.5 Å². The van der Waals surface area contributed by atoms with Crippen molar-refractivity contribution in [3.05, 3.63) is 44.7 Å². The summed E-state index contributed by atoms with van der Waals surface area (Å²) in [6.45, 7) is 0. The molecule has 2 aromatic rings. The maximum absolute atomic E-state index is 10.7. The van der Waals surface area contributed by atoms with Crippen LogP contribution in [0, 0.1) is 10.1 Å². The van der Waals surface area contributed by atoms with Crippen LogP contribution in [-0.4, -0.2) is 21.0 Å². The molecular weight excluding hydrogens is 324 g/mol. The van der Waals surface area contributed by atoms with E-state index < -0.39 is 10.9 Å². The molecule has 0 saturated heterocycles. The molecule has 1 aromatic heterocycles. The number of aromatic carboxylic acids is 1. The Bertz CT molecular complexity index is 653. The number of nitro benzene ring substituents is 1. The third-order valence-electron chi connectivity index (χ3n) is 1.97. The Balaban J connectivity index is 2.27. The molecule has 19 heavy (non-hydrogen) atoms. The van der Waals surface area contributed by atoms with Crippen LogP contribution in [0.15, 0.2) is 33.4 Å². The van der Waals surface area contributed by atoms with Gasteiger partial charge in [-0.05, 0) is 6.07 Å². The van der Waals surface area contributed by atoms with E-state index in [1.807, 2.05) is 0 Å². The second-order valence-corrected chi connectivity index (χ2v) is 4.22. The molecule has 0 aliphatic carbocycles. The number of aromatic nitrogens is 1. The molecule has 0 atom stereocenters. The highest BCUT2D eigenvalue weighted by molar-refractivity contribution is 9.10. The summed E-state index contributed by atoms with van der Waals surface area (Å²) < 4.78 is 10.3. The number of hydrogen-bond acceptors (Lipinski definition) is 6. The van der Waals surface area contributed by atoms with Crippen molar-refractivity contribution in [1.29, 1.82) is 0 Å². The number of nitro groups is 1. The molecule has 1 aromatic carbocycles. The lowest BCUT2D eigenvalue weighted by Gasteiger charge is -2.01. The van der Waals surface area contributed by atoms with Crippen LogP contribution in [0.1, 0.15) is 10.5 Å². The highest BCUT2D eigenvalue weighted by Crippen LogP contribution is 2.29. The number of hydrogen-bond donors (Lipinski definition) is 1. The number of carbonyl (C=O) groups is 1. The fraction of sp³-hybridized carbons (Fsp3) is 0. The summed E-state index contributed by atoms with van der Waals surface area (Å²) in [6.07, 6.45) is 0.592. The van der Waals surface area contributed by atoms with E-state index in [4.69, 9.17) is 14.3 Å². The largest absolute Gasteiger partial charge is 0.476 e. The number of non-ortho nitro benzene ring substituents is 1. The molecule has 1 heterocycles. The average Bonchev–Trinajstić information content (AvgIpc) is 2.76. The highest BCUT2D eigenvalue weighted by Gasteiger charge is 2.14. The van der Waals surface area contributed by atoms with Crippen LogP contribution >= 0.6 is 15.9 Å².